The van der Waals surface area contributed by atoms with Gasteiger partial charge in [-0.1, -0.05) is 24.3 Å². The quantitative estimate of drug-likeness (QED) is 0.814. The Bertz CT molecular complexity index is 436. The van der Waals surface area contributed by atoms with E-state index >= 15 is 0 Å². The van der Waals surface area contributed by atoms with Crippen LogP contribution >= 0.6 is 12.2 Å². The van der Waals surface area contributed by atoms with Gasteiger partial charge in [-0.3, -0.25) is 4.79 Å². The first-order valence-corrected chi connectivity index (χ1v) is 6.47. The highest BCUT2D eigenvalue weighted by molar-refractivity contribution is 7.80. The minimum absolute atomic E-state index is 0.254. The van der Waals surface area contributed by atoms with Gasteiger partial charge in [0.05, 0.1) is 10.5 Å². The van der Waals surface area contributed by atoms with Crippen molar-refractivity contribution in [1.82, 2.24) is 10.5 Å². The maximum absolute atomic E-state index is 12.0. The topological polar surface area (TPSA) is 81.2 Å². The number of amides is 1. The maximum atomic E-state index is 12.0. The van der Waals surface area contributed by atoms with Gasteiger partial charge in [-0.15, -0.1) is 0 Å². The van der Waals surface area contributed by atoms with Crippen LogP contribution in [-0.4, -0.2) is 21.6 Å². The summed E-state index contributed by atoms with van der Waals surface area (Å²) < 4.78 is 4.66. The Morgan fingerprint density at radius 3 is 2.78 bits per heavy atom. The highest BCUT2D eigenvalue weighted by atomic mass is 32.1. The van der Waals surface area contributed by atoms with Crippen LogP contribution in [-0.2, 0) is 0 Å². The lowest BCUT2D eigenvalue weighted by molar-refractivity contribution is 0.0891. The molecule has 1 heterocycles. The van der Waals surface area contributed by atoms with E-state index in [0.29, 0.717) is 10.9 Å². The van der Waals surface area contributed by atoms with E-state index in [-0.39, 0.29) is 11.6 Å². The van der Waals surface area contributed by atoms with E-state index in [4.69, 9.17) is 18.0 Å². The van der Waals surface area contributed by atoms with Crippen LogP contribution in [0.3, 0.4) is 0 Å². The van der Waals surface area contributed by atoms with Crippen molar-refractivity contribution in [1.29, 1.82) is 0 Å². The fourth-order valence-corrected chi connectivity index (χ4v) is 2.55. The Balaban J connectivity index is 2.12. The molecule has 1 aliphatic rings. The predicted octanol–water partition coefficient (Wildman–Crippen LogP) is 1.64. The number of aromatic nitrogens is 1. The Morgan fingerprint density at radius 1 is 1.61 bits per heavy atom. The zero-order valence-electron chi connectivity index (χ0n) is 10.3. The number of nitrogens with two attached hydrogens (primary N) is 1. The highest BCUT2D eigenvalue weighted by Crippen LogP contribution is 2.32. The Hall–Kier alpha value is -1.43. The van der Waals surface area contributed by atoms with E-state index in [9.17, 15) is 4.79 Å². The molecule has 3 N–H and O–H groups in total. The first-order chi connectivity index (χ1) is 8.53. The molecule has 18 heavy (non-hydrogen) atoms. The number of carbonyl (C=O) groups is 1. The molecule has 6 heteroatoms. The summed E-state index contributed by atoms with van der Waals surface area (Å²) in [6.45, 7) is 2.20. The molecular weight excluding hydrogens is 250 g/mol. The van der Waals surface area contributed by atoms with Crippen LogP contribution in [0.2, 0.25) is 0 Å². The summed E-state index contributed by atoms with van der Waals surface area (Å²) in [7, 11) is 0. The zero-order valence-corrected chi connectivity index (χ0v) is 11.1. The van der Waals surface area contributed by atoms with E-state index in [2.05, 4.69) is 21.9 Å². The van der Waals surface area contributed by atoms with Crippen molar-refractivity contribution in [2.24, 2.45) is 11.7 Å². The molecule has 1 aromatic heterocycles. The molecule has 5 nitrogen and oxygen atoms in total. The summed E-state index contributed by atoms with van der Waals surface area (Å²) in [4.78, 5) is 12.4. The molecule has 0 spiro atoms. The summed E-state index contributed by atoms with van der Waals surface area (Å²) >= 11 is 5.13. The number of carbonyl (C=O) groups excluding carboxylic acids is 1. The van der Waals surface area contributed by atoms with E-state index in [0.717, 1.165) is 25.7 Å². The van der Waals surface area contributed by atoms with Crippen molar-refractivity contribution < 1.29 is 9.32 Å². The average molecular weight is 267 g/mol. The molecule has 0 aromatic carbocycles. The Kier molecular flexibility index (Phi) is 3.65. The van der Waals surface area contributed by atoms with Crippen molar-refractivity contribution in [3.63, 3.8) is 0 Å². The number of rotatable bonds is 3. The lowest BCUT2D eigenvalue weighted by atomic mass is 9.77. The molecule has 0 aliphatic heterocycles. The Morgan fingerprint density at radius 2 is 2.28 bits per heavy atom. The summed E-state index contributed by atoms with van der Waals surface area (Å²) in [5.41, 5.74) is 5.50. The molecule has 0 bridgehead atoms. The number of nitrogens with zero attached hydrogens (tertiary/aromatic N) is 1. The second-order valence-corrected chi connectivity index (χ2v) is 5.41. The van der Waals surface area contributed by atoms with Crippen LogP contribution in [0.25, 0.3) is 0 Å². The average Bonchev–Trinajstić information content (AvgIpc) is 2.85. The van der Waals surface area contributed by atoms with Gasteiger partial charge in [0.25, 0.3) is 5.91 Å². The van der Waals surface area contributed by atoms with Gasteiger partial charge in [0.2, 0.25) is 0 Å². The molecule has 98 valence electrons. The van der Waals surface area contributed by atoms with Crippen molar-refractivity contribution >= 4 is 23.1 Å². The molecule has 1 fully saturated rings. The van der Waals surface area contributed by atoms with Crippen LogP contribution < -0.4 is 11.1 Å². The largest absolute Gasteiger partial charge is 0.391 e. The smallest absolute Gasteiger partial charge is 0.274 e. The first-order valence-electron chi connectivity index (χ1n) is 6.06. The predicted molar refractivity (Wildman–Crippen MR) is 71.1 cm³/mol. The van der Waals surface area contributed by atoms with Gasteiger partial charge in [-0.25, -0.2) is 0 Å². The third-order valence-corrected chi connectivity index (χ3v) is 4.01. The zero-order chi connectivity index (χ0) is 13.2. The van der Waals surface area contributed by atoms with Crippen LogP contribution in [0, 0.1) is 5.92 Å². The second kappa shape index (κ2) is 5.06. The van der Waals surface area contributed by atoms with Crippen molar-refractivity contribution in [3.8, 4) is 0 Å². The molecule has 1 amide bonds. The molecule has 0 radical (unpaired) electrons. The number of nitrogens with one attached hydrogen (secondary N) is 1. The Labute approximate surface area is 111 Å². The first kappa shape index (κ1) is 13.0. The van der Waals surface area contributed by atoms with Crippen LogP contribution in [0.4, 0.5) is 0 Å². The molecule has 1 aliphatic carbocycles. The highest BCUT2D eigenvalue weighted by Gasteiger charge is 2.38. The van der Waals surface area contributed by atoms with Crippen molar-refractivity contribution in [3.05, 3.63) is 18.0 Å². The van der Waals surface area contributed by atoms with Gasteiger partial charge in [0.15, 0.2) is 5.69 Å². The third kappa shape index (κ3) is 2.53. The van der Waals surface area contributed by atoms with E-state index in [1.807, 2.05) is 0 Å². The fraction of sp³-hybridized carbons (Fsp3) is 0.583. The molecule has 1 aromatic rings. The number of thiocarbonyl (C=S) groups is 1. The van der Waals surface area contributed by atoms with Crippen LogP contribution in [0.1, 0.15) is 43.1 Å². The van der Waals surface area contributed by atoms with Gasteiger partial charge in [0, 0.05) is 6.07 Å². The van der Waals surface area contributed by atoms with Gasteiger partial charge in [-0.05, 0) is 31.6 Å². The third-order valence-electron chi connectivity index (χ3n) is 3.62. The summed E-state index contributed by atoms with van der Waals surface area (Å²) in [6, 6.07) is 1.52. The molecule has 1 saturated carbocycles. The SMILES string of the molecule is CC1CCC(NC(=O)c2ccon2)(C(N)=S)CC1. The molecular formula is C12H17N3O2S. The van der Waals surface area contributed by atoms with E-state index in [1.54, 1.807) is 0 Å². The van der Waals surface area contributed by atoms with Crippen LogP contribution in [0.15, 0.2) is 16.9 Å². The maximum Gasteiger partial charge on any atom is 0.274 e. The number of hydrogen-bond acceptors (Lipinski definition) is 4. The van der Waals surface area contributed by atoms with E-state index < -0.39 is 5.54 Å². The summed E-state index contributed by atoms with van der Waals surface area (Å²) in [5, 5.41) is 6.54. The van der Waals surface area contributed by atoms with Crippen molar-refractivity contribution in [2.45, 2.75) is 38.1 Å². The molecule has 0 saturated heterocycles. The number of hydrogen-bond donors (Lipinski definition) is 2. The summed E-state index contributed by atoms with van der Waals surface area (Å²) in [6.07, 6.45) is 4.96. The standard InChI is InChI=1S/C12H17N3O2S/c1-8-2-5-12(6-3-8,11(13)18)14-10(16)9-4-7-17-15-9/h4,7-8H,2-3,5-6H2,1H3,(H2,13,18)(H,14,16). The lowest BCUT2D eigenvalue weighted by Crippen LogP contribution is -2.58. The summed E-state index contributed by atoms with van der Waals surface area (Å²) in [5.74, 6) is 0.363. The van der Waals surface area contributed by atoms with Gasteiger partial charge < -0.3 is 15.6 Å². The lowest BCUT2D eigenvalue weighted by Gasteiger charge is -2.39. The fourth-order valence-electron chi connectivity index (χ4n) is 2.30. The molecule has 0 unspecified atom stereocenters. The van der Waals surface area contributed by atoms with Gasteiger partial charge in [0.1, 0.15) is 6.26 Å². The normalized spacial score (nSPS) is 27.7. The van der Waals surface area contributed by atoms with Gasteiger partial charge in [-0.2, -0.15) is 0 Å². The van der Waals surface area contributed by atoms with Crippen LogP contribution in [0.5, 0.6) is 0 Å². The minimum Gasteiger partial charge on any atom is -0.391 e. The molecule has 2 rings (SSSR count). The van der Waals surface area contributed by atoms with Gasteiger partial charge >= 0.3 is 0 Å². The van der Waals surface area contributed by atoms with Crippen molar-refractivity contribution in [2.75, 3.05) is 0 Å². The van der Waals surface area contributed by atoms with E-state index in [1.165, 1.54) is 12.3 Å². The monoisotopic (exact) mass is 267 g/mol. The second-order valence-electron chi connectivity index (χ2n) is 4.97. The molecule has 0 atom stereocenters. The minimum atomic E-state index is -0.572.